The number of ether oxygens (including phenoxy) is 2. The molecule has 2 heterocycles. The maximum Gasteiger partial charge on any atom is 0.338 e. The molecule has 1 aromatic heterocycles. The molecule has 0 amide bonds. The van der Waals surface area contributed by atoms with Crippen LogP contribution >= 0.6 is 11.6 Å². The molecule has 1 aliphatic rings. The van der Waals surface area contributed by atoms with Gasteiger partial charge in [-0.1, -0.05) is 50.6 Å². The van der Waals surface area contributed by atoms with Gasteiger partial charge in [0.2, 0.25) is 5.06 Å². The van der Waals surface area contributed by atoms with E-state index in [0.717, 1.165) is 0 Å². The van der Waals surface area contributed by atoms with E-state index in [0.29, 0.717) is 11.1 Å². The zero-order valence-corrected chi connectivity index (χ0v) is 21.6. The molecule has 33 heavy (non-hydrogen) atoms. The van der Waals surface area contributed by atoms with Gasteiger partial charge in [0, 0.05) is 18.2 Å². The number of hydrogen-bond acceptors (Lipinski definition) is 6. The number of alkyl halides is 1. The summed E-state index contributed by atoms with van der Waals surface area (Å²) >= 11 is 6.90. The Morgan fingerprint density at radius 3 is 2.52 bits per heavy atom. The van der Waals surface area contributed by atoms with E-state index in [1.165, 1.54) is 10.8 Å². The van der Waals surface area contributed by atoms with Crippen LogP contribution in [-0.4, -0.2) is 41.6 Å². The minimum absolute atomic E-state index is 0.102. The lowest BCUT2D eigenvalue weighted by molar-refractivity contribution is -0.0776. The average Bonchev–Trinajstić information content (AvgIpc) is 3.04. The number of rotatable bonds is 6. The molecule has 0 unspecified atom stereocenters. The van der Waals surface area contributed by atoms with Crippen molar-refractivity contribution in [1.29, 1.82) is 0 Å². The van der Waals surface area contributed by atoms with Crippen molar-refractivity contribution in [3.8, 4) is 0 Å². The normalized spacial score (nSPS) is 23.5. The molecular formula is C23H31ClN2O6Si. The second-order valence-corrected chi connectivity index (χ2v) is 15.3. The van der Waals surface area contributed by atoms with Crippen molar-refractivity contribution in [3.05, 3.63) is 68.5 Å². The van der Waals surface area contributed by atoms with E-state index in [1.807, 2.05) is 0 Å². The van der Waals surface area contributed by atoms with Gasteiger partial charge in [-0.2, -0.15) is 0 Å². The maximum atomic E-state index is 12.5. The van der Waals surface area contributed by atoms with Gasteiger partial charge >= 0.3 is 11.7 Å². The number of aryl methyl sites for hydroxylation is 1. The highest BCUT2D eigenvalue weighted by Crippen LogP contribution is 2.46. The van der Waals surface area contributed by atoms with Gasteiger partial charge in [-0.25, -0.2) is 9.59 Å². The average molecular weight is 495 g/mol. The van der Waals surface area contributed by atoms with Gasteiger partial charge in [-0.15, -0.1) is 0 Å². The van der Waals surface area contributed by atoms with Crippen molar-refractivity contribution < 1.29 is 18.7 Å². The topological polar surface area (TPSA) is 99.6 Å². The first-order valence-corrected chi connectivity index (χ1v) is 14.1. The molecule has 1 saturated heterocycles. The van der Waals surface area contributed by atoms with Crippen molar-refractivity contribution in [1.82, 2.24) is 9.55 Å². The Balaban J connectivity index is 1.90. The summed E-state index contributed by atoms with van der Waals surface area (Å²) in [4.78, 5) is 39.1. The summed E-state index contributed by atoms with van der Waals surface area (Å²) in [6.45, 7) is 11.8. The maximum absolute atomic E-state index is 12.5. The number of hydrogen-bond donors (Lipinski definition) is 1. The largest absolute Gasteiger partial charge is 0.458 e. The van der Waals surface area contributed by atoms with E-state index in [4.69, 9.17) is 25.5 Å². The predicted octanol–water partition coefficient (Wildman–Crippen LogP) is 3.95. The molecule has 0 aliphatic carbocycles. The summed E-state index contributed by atoms with van der Waals surface area (Å²) in [5.41, 5.74) is -0.314. The Morgan fingerprint density at radius 1 is 1.27 bits per heavy atom. The SMILES string of the molecule is Cc1cn([C@H]2C[C@@H](O[Si](C)(C)C(C)(C)C)[C@](Cl)(COC(=O)c3ccccc3)O2)c(=O)[nH]c1=O. The lowest BCUT2D eigenvalue weighted by atomic mass is 10.2. The van der Waals surface area contributed by atoms with Crippen LogP contribution in [0.2, 0.25) is 18.1 Å². The fourth-order valence-electron chi connectivity index (χ4n) is 3.30. The highest BCUT2D eigenvalue weighted by molar-refractivity contribution is 6.74. The monoisotopic (exact) mass is 494 g/mol. The number of benzene rings is 1. The third-order valence-electron chi connectivity index (χ3n) is 6.34. The van der Waals surface area contributed by atoms with Crippen molar-refractivity contribution >= 4 is 25.9 Å². The second kappa shape index (κ2) is 9.21. The summed E-state index contributed by atoms with van der Waals surface area (Å²) in [6, 6.07) is 8.58. The Morgan fingerprint density at radius 2 is 1.91 bits per heavy atom. The van der Waals surface area contributed by atoms with E-state index >= 15 is 0 Å². The summed E-state index contributed by atoms with van der Waals surface area (Å²) in [6.07, 6.45) is 0.251. The van der Waals surface area contributed by atoms with Crippen LogP contribution in [-0.2, 0) is 13.9 Å². The van der Waals surface area contributed by atoms with Crippen molar-refractivity contribution in [2.75, 3.05) is 6.61 Å². The Bertz CT molecular complexity index is 1120. The van der Waals surface area contributed by atoms with Crippen LogP contribution < -0.4 is 11.2 Å². The summed E-state index contributed by atoms with van der Waals surface area (Å²) in [7, 11) is -2.29. The molecule has 2 aromatic rings. The smallest absolute Gasteiger partial charge is 0.338 e. The van der Waals surface area contributed by atoms with E-state index in [2.05, 4.69) is 38.8 Å². The van der Waals surface area contributed by atoms with E-state index in [-0.39, 0.29) is 18.1 Å². The molecule has 8 nitrogen and oxygen atoms in total. The number of carbonyl (C=O) groups excluding carboxylic acids is 1. The van der Waals surface area contributed by atoms with Crippen molar-refractivity contribution in [3.63, 3.8) is 0 Å². The van der Waals surface area contributed by atoms with Crippen LogP contribution in [0.1, 0.15) is 49.3 Å². The van der Waals surface area contributed by atoms with Gasteiger partial charge in [0.15, 0.2) is 8.32 Å². The molecule has 3 atom stereocenters. The molecule has 0 radical (unpaired) electrons. The first-order chi connectivity index (χ1) is 15.2. The lowest BCUT2D eigenvalue weighted by Crippen LogP contribution is -2.50. The Hall–Kier alpha value is -2.20. The molecule has 0 bridgehead atoms. The Labute approximate surface area is 199 Å². The third-order valence-corrected chi connectivity index (χ3v) is 11.3. The molecule has 0 spiro atoms. The molecule has 1 aliphatic heterocycles. The third kappa shape index (κ3) is 5.48. The number of carbonyl (C=O) groups is 1. The fourth-order valence-corrected chi connectivity index (χ4v) is 5.01. The van der Waals surface area contributed by atoms with E-state index < -0.39 is 42.9 Å². The van der Waals surface area contributed by atoms with Crippen molar-refractivity contribution in [2.45, 2.75) is 69.6 Å². The minimum atomic E-state index is -2.29. The number of nitrogens with one attached hydrogen (secondary N) is 1. The predicted molar refractivity (Wildman–Crippen MR) is 128 cm³/mol. The number of esters is 1. The number of H-pyrrole nitrogens is 1. The van der Waals surface area contributed by atoms with Crippen molar-refractivity contribution in [2.24, 2.45) is 0 Å². The molecule has 1 N–H and O–H groups in total. The minimum Gasteiger partial charge on any atom is -0.458 e. The molecule has 1 aromatic carbocycles. The molecule has 1 fully saturated rings. The number of aromatic amines is 1. The highest BCUT2D eigenvalue weighted by Gasteiger charge is 2.53. The number of nitrogens with zero attached hydrogens (tertiary/aromatic N) is 1. The summed E-state index contributed by atoms with van der Waals surface area (Å²) in [5, 5.41) is -1.61. The van der Waals surface area contributed by atoms with Gasteiger partial charge < -0.3 is 13.9 Å². The summed E-state index contributed by atoms with van der Waals surface area (Å²) < 4.78 is 19.5. The highest BCUT2D eigenvalue weighted by atomic mass is 35.5. The van der Waals surface area contributed by atoms with E-state index in [9.17, 15) is 14.4 Å². The van der Waals surface area contributed by atoms with Gasteiger partial charge in [0.05, 0.1) is 11.7 Å². The van der Waals surface area contributed by atoms with Crippen LogP contribution in [0.4, 0.5) is 0 Å². The lowest BCUT2D eigenvalue weighted by Gasteiger charge is -2.40. The zero-order valence-electron chi connectivity index (χ0n) is 19.8. The standard InChI is InChI=1S/C23H31ClN2O6Si/c1-15-13-26(21(29)25-19(15)27)18-12-17(32-33(5,6)22(2,3)4)23(24,31-18)14-30-20(28)16-10-8-7-9-11-16/h7-11,13,17-18H,12,14H2,1-6H3,(H,25,27,29)/t17-,18-,23+/m1/s1. The molecule has 0 saturated carbocycles. The van der Waals surface area contributed by atoms with Crippen LogP contribution in [0, 0.1) is 6.92 Å². The Kier molecular flexibility index (Phi) is 7.09. The quantitative estimate of drug-likeness (QED) is 0.371. The van der Waals surface area contributed by atoms with Gasteiger partial charge in [0.25, 0.3) is 5.56 Å². The van der Waals surface area contributed by atoms with Gasteiger partial charge in [-0.05, 0) is 37.2 Å². The number of aromatic nitrogens is 2. The number of halogens is 1. The van der Waals surface area contributed by atoms with Crippen LogP contribution in [0.15, 0.2) is 46.1 Å². The molecular weight excluding hydrogens is 464 g/mol. The zero-order chi connectivity index (χ0) is 24.6. The van der Waals surface area contributed by atoms with E-state index in [1.54, 1.807) is 37.3 Å². The molecule has 3 rings (SSSR count). The van der Waals surface area contributed by atoms with Gasteiger partial charge in [0.1, 0.15) is 12.8 Å². The van der Waals surface area contributed by atoms with Crippen LogP contribution in [0.25, 0.3) is 0 Å². The first kappa shape index (κ1) is 25.4. The molecule has 180 valence electrons. The van der Waals surface area contributed by atoms with Gasteiger partial charge in [-0.3, -0.25) is 14.3 Å². The summed E-state index contributed by atoms with van der Waals surface area (Å²) in [5.74, 6) is -0.536. The van der Waals surface area contributed by atoms with Crippen LogP contribution in [0.3, 0.4) is 0 Å². The second-order valence-electron chi connectivity index (χ2n) is 9.88. The fraction of sp³-hybridized carbons (Fsp3) is 0.522. The molecule has 10 heteroatoms. The van der Waals surface area contributed by atoms with Crippen LogP contribution in [0.5, 0.6) is 0 Å². The first-order valence-electron chi connectivity index (χ1n) is 10.8.